The second-order valence-corrected chi connectivity index (χ2v) is 4.06. The molecular formula is C13H13NO4. The summed E-state index contributed by atoms with van der Waals surface area (Å²) in [5.41, 5.74) is 0.501. The van der Waals surface area contributed by atoms with Crippen LogP contribution in [-0.4, -0.2) is 30.3 Å². The first-order chi connectivity index (χ1) is 8.66. The molecule has 5 heteroatoms. The highest BCUT2D eigenvalue weighted by molar-refractivity contribution is 5.98. The van der Waals surface area contributed by atoms with Crippen molar-refractivity contribution in [1.29, 1.82) is 0 Å². The molecule has 1 amide bonds. The molecule has 1 aromatic rings. The molecule has 0 aliphatic carbocycles. The second kappa shape index (κ2) is 5.44. The van der Waals surface area contributed by atoms with Gasteiger partial charge in [0, 0.05) is 12.0 Å². The van der Waals surface area contributed by atoms with E-state index in [4.69, 9.17) is 4.74 Å². The highest BCUT2D eigenvalue weighted by Gasteiger charge is 2.28. The average Bonchev–Trinajstić information content (AvgIpc) is 2.83. The Labute approximate surface area is 104 Å². The molecule has 2 rings (SSSR count). The first kappa shape index (κ1) is 12.3. The summed E-state index contributed by atoms with van der Waals surface area (Å²) in [4.78, 5) is 34.1. The highest BCUT2D eigenvalue weighted by atomic mass is 16.5. The topological polar surface area (TPSA) is 72.5 Å². The fraction of sp³-hybridized carbons (Fsp3) is 0.308. The third kappa shape index (κ3) is 2.94. The summed E-state index contributed by atoms with van der Waals surface area (Å²) in [6, 6.07) is 8.00. The molecule has 0 aromatic heterocycles. The Morgan fingerprint density at radius 2 is 2.00 bits per heavy atom. The van der Waals surface area contributed by atoms with Crippen LogP contribution in [0.3, 0.4) is 0 Å². The Morgan fingerprint density at radius 3 is 2.61 bits per heavy atom. The minimum atomic E-state index is -0.610. The van der Waals surface area contributed by atoms with Gasteiger partial charge in [0.2, 0.25) is 5.91 Å². The average molecular weight is 247 g/mol. The molecule has 1 N–H and O–H groups in total. The smallest absolute Gasteiger partial charge is 0.329 e. The molecule has 1 heterocycles. The van der Waals surface area contributed by atoms with E-state index in [2.05, 4.69) is 5.32 Å². The van der Waals surface area contributed by atoms with E-state index in [0.717, 1.165) is 0 Å². The van der Waals surface area contributed by atoms with Crippen molar-refractivity contribution >= 4 is 17.7 Å². The molecule has 1 aliphatic heterocycles. The Bertz CT molecular complexity index is 469. The van der Waals surface area contributed by atoms with Gasteiger partial charge in [-0.2, -0.15) is 0 Å². The van der Waals surface area contributed by atoms with Crippen LogP contribution < -0.4 is 5.32 Å². The maximum absolute atomic E-state index is 11.7. The van der Waals surface area contributed by atoms with Crippen molar-refractivity contribution in [2.45, 2.75) is 18.9 Å². The van der Waals surface area contributed by atoms with Gasteiger partial charge in [0.1, 0.15) is 6.04 Å². The van der Waals surface area contributed by atoms with Crippen molar-refractivity contribution in [1.82, 2.24) is 5.32 Å². The number of rotatable bonds is 4. The molecule has 1 atom stereocenters. The number of benzene rings is 1. The third-order valence-corrected chi connectivity index (χ3v) is 2.72. The number of ketones is 1. The van der Waals surface area contributed by atoms with Crippen LogP contribution in [0.25, 0.3) is 0 Å². The van der Waals surface area contributed by atoms with E-state index in [9.17, 15) is 14.4 Å². The van der Waals surface area contributed by atoms with E-state index in [1.165, 1.54) is 0 Å². The van der Waals surface area contributed by atoms with E-state index in [1.54, 1.807) is 30.3 Å². The minimum absolute atomic E-state index is 0.161. The summed E-state index contributed by atoms with van der Waals surface area (Å²) in [5.74, 6) is -0.968. The number of carbonyl (C=O) groups is 3. The van der Waals surface area contributed by atoms with Crippen LogP contribution in [0.5, 0.6) is 0 Å². The van der Waals surface area contributed by atoms with Gasteiger partial charge in [-0.25, -0.2) is 4.79 Å². The largest absolute Gasteiger partial charge is 0.456 e. The van der Waals surface area contributed by atoms with E-state index in [0.29, 0.717) is 18.4 Å². The van der Waals surface area contributed by atoms with Crippen molar-refractivity contribution in [3.63, 3.8) is 0 Å². The predicted octanol–water partition coefficient (Wildman–Crippen LogP) is 0.691. The SMILES string of the molecule is O=C1CC[C@H](C(=O)OCC(=O)c2ccccc2)N1. The molecule has 1 saturated heterocycles. The van der Waals surface area contributed by atoms with Gasteiger partial charge < -0.3 is 10.1 Å². The molecule has 0 unspecified atom stereocenters. The molecule has 0 spiro atoms. The van der Waals surface area contributed by atoms with E-state index in [-0.39, 0.29) is 18.3 Å². The number of esters is 1. The number of hydrogen-bond donors (Lipinski definition) is 1. The van der Waals surface area contributed by atoms with Gasteiger partial charge in [-0.05, 0) is 6.42 Å². The third-order valence-electron chi connectivity index (χ3n) is 2.72. The molecule has 5 nitrogen and oxygen atoms in total. The number of amides is 1. The Kier molecular flexibility index (Phi) is 3.72. The molecule has 1 fully saturated rings. The van der Waals surface area contributed by atoms with E-state index < -0.39 is 12.0 Å². The van der Waals surface area contributed by atoms with Crippen molar-refractivity contribution < 1.29 is 19.1 Å². The van der Waals surface area contributed by atoms with Gasteiger partial charge in [-0.3, -0.25) is 9.59 Å². The van der Waals surface area contributed by atoms with Crippen LogP contribution in [0.1, 0.15) is 23.2 Å². The van der Waals surface area contributed by atoms with Gasteiger partial charge in [-0.15, -0.1) is 0 Å². The molecule has 18 heavy (non-hydrogen) atoms. The lowest BCUT2D eigenvalue weighted by molar-refractivity contribution is -0.145. The highest BCUT2D eigenvalue weighted by Crippen LogP contribution is 2.08. The number of carbonyl (C=O) groups excluding carboxylic acids is 3. The molecule has 0 bridgehead atoms. The van der Waals surface area contributed by atoms with Crippen molar-refractivity contribution in [2.75, 3.05) is 6.61 Å². The maximum atomic E-state index is 11.7. The summed E-state index contributed by atoms with van der Waals surface area (Å²) in [6.07, 6.45) is 0.754. The van der Waals surface area contributed by atoms with E-state index in [1.807, 2.05) is 0 Å². The quantitative estimate of drug-likeness (QED) is 0.627. The van der Waals surface area contributed by atoms with Gasteiger partial charge >= 0.3 is 5.97 Å². The number of ether oxygens (including phenoxy) is 1. The summed E-state index contributed by atoms with van der Waals surface area (Å²) < 4.78 is 4.89. The molecule has 94 valence electrons. The normalized spacial score (nSPS) is 18.2. The zero-order chi connectivity index (χ0) is 13.0. The molecule has 0 radical (unpaired) electrons. The van der Waals surface area contributed by atoms with Crippen LogP contribution >= 0.6 is 0 Å². The maximum Gasteiger partial charge on any atom is 0.329 e. The van der Waals surface area contributed by atoms with Crippen LogP contribution in [0.15, 0.2) is 30.3 Å². The summed E-state index contributed by atoms with van der Waals surface area (Å²) in [6.45, 7) is -0.296. The van der Waals surface area contributed by atoms with Crippen molar-refractivity contribution in [2.24, 2.45) is 0 Å². The lowest BCUT2D eigenvalue weighted by atomic mass is 10.1. The fourth-order valence-electron chi connectivity index (χ4n) is 1.74. The van der Waals surface area contributed by atoms with Gasteiger partial charge in [0.05, 0.1) is 0 Å². The first-order valence-corrected chi connectivity index (χ1v) is 5.71. The van der Waals surface area contributed by atoms with Crippen molar-refractivity contribution in [3.05, 3.63) is 35.9 Å². The lowest BCUT2D eigenvalue weighted by Gasteiger charge is -2.09. The molecule has 1 aliphatic rings. The Morgan fingerprint density at radius 1 is 1.28 bits per heavy atom. The summed E-state index contributed by atoms with van der Waals surface area (Å²) in [7, 11) is 0. The fourth-order valence-corrected chi connectivity index (χ4v) is 1.74. The zero-order valence-electron chi connectivity index (χ0n) is 9.72. The molecular weight excluding hydrogens is 234 g/mol. The van der Waals surface area contributed by atoms with Crippen LogP contribution in [0.2, 0.25) is 0 Å². The van der Waals surface area contributed by atoms with Crippen molar-refractivity contribution in [3.8, 4) is 0 Å². The van der Waals surface area contributed by atoms with Crippen LogP contribution in [0, 0.1) is 0 Å². The van der Waals surface area contributed by atoms with Crippen LogP contribution in [0.4, 0.5) is 0 Å². The molecule has 1 aromatic carbocycles. The standard InChI is InChI=1S/C13H13NO4/c15-11(9-4-2-1-3-5-9)8-18-13(17)10-6-7-12(16)14-10/h1-5,10H,6-8H2,(H,14,16)/t10-/m1/s1. The Hall–Kier alpha value is -2.17. The minimum Gasteiger partial charge on any atom is -0.456 e. The van der Waals surface area contributed by atoms with Crippen LogP contribution in [-0.2, 0) is 14.3 Å². The number of nitrogens with one attached hydrogen (secondary N) is 1. The van der Waals surface area contributed by atoms with Gasteiger partial charge in [0.15, 0.2) is 12.4 Å². The number of Topliss-reactive ketones (excluding diaryl/α,β-unsaturated/α-hetero) is 1. The van der Waals surface area contributed by atoms with Gasteiger partial charge in [-0.1, -0.05) is 30.3 Å². The first-order valence-electron chi connectivity index (χ1n) is 5.71. The predicted molar refractivity (Wildman–Crippen MR) is 62.9 cm³/mol. The van der Waals surface area contributed by atoms with Gasteiger partial charge in [0.25, 0.3) is 0 Å². The molecule has 0 saturated carbocycles. The van der Waals surface area contributed by atoms with E-state index >= 15 is 0 Å². The lowest BCUT2D eigenvalue weighted by Crippen LogP contribution is -2.35. The number of hydrogen-bond acceptors (Lipinski definition) is 4. The summed E-state index contributed by atoms with van der Waals surface area (Å²) in [5, 5.41) is 2.49. The second-order valence-electron chi connectivity index (χ2n) is 4.06. The monoisotopic (exact) mass is 247 g/mol. The zero-order valence-corrected chi connectivity index (χ0v) is 9.72. The Balaban J connectivity index is 1.83. The summed E-state index contributed by atoms with van der Waals surface area (Å²) >= 11 is 0.